The Bertz CT molecular complexity index is 349. The predicted octanol–water partition coefficient (Wildman–Crippen LogP) is 3.18. The second kappa shape index (κ2) is 4.79. The van der Waals surface area contributed by atoms with E-state index in [1.807, 2.05) is 13.8 Å². The van der Waals surface area contributed by atoms with Crippen LogP contribution < -0.4 is 5.32 Å². The number of hydrogen-bond donors (Lipinski definition) is 1. The summed E-state index contributed by atoms with van der Waals surface area (Å²) in [5.74, 6) is -0.238. The van der Waals surface area contributed by atoms with E-state index in [0.29, 0.717) is 6.54 Å². The molecule has 0 aliphatic rings. The number of rotatable bonds is 4. The van der Waals surface area contributed by atoms with Gasteiger partial charge in [0, 0.05) is 12.2 Å². The van der Waals surface area contributed by atoms with Gasteiger partial charge in [-0.15, -0.1) is 0 Å². The second-order valence-electron chi connectivity index (χ2n) is 4.18. The molecule has 0 radical (unpaired) electrons. The molecule has 3 heteroatoms. The third-order valence-electron chi connectivity index (χ3n) is 2.23. The first-order chi connectivity index (χ1) is 7.03. The minimum Gasteiger partial charge on any atom is -0.385 e. The van der Waals surface area contributed by atoms with Crippen molar-refractivity contribution in [3.05, 3.63) is 30.1 Å². The lowest BCUT2D eigenvalue weighted by atomic mass is 9.91. The van der Waals surface area contributed by atoms with Crippen LogP contribution >= 0.6 is 0 Å². The monoisotopic (exact) mass is 206 g/mol. The molecule has 0 aromatic heterocycles. The smallest absolute Gasteiger partial charge is 0.123 e. The zero-order valence-electron chi connectivity index (χ0n) is 9.05. The van der Waals surface area contributed by atoms with E-state index in [-0.39, 0.29) is 11.2 Å². The van der Waals surface area contributed by atoms with Crippen molar-refractivity contribution in [2.45, 2.75) is 20.3 Å². The maximum atomic E-state index is 12.6. The SMILES string of the molecule is CC(C)(C#N)CCNc1ccc(F)cc1. The Morgan fingerprint density at radius 3 is 2.47 bits per heavy atom. The number of nitriles is 1. The fourth-order valence-corrected chi connectivity index (χ4v) is 1.14. The highest BCUT2D eigenvalue weighted by Gasteiger charge is 2.15. The van der Waals surface area contributed by atoms with Crippen molar-refractivity contribution >= 4 is 5.69 Å². The summed E-state index contributed by atoms with van der Waals surface area (Å²) in [6.45, 7) is 4.52. The van der Waals surface area contributed by atoms with E-state index in [1.165, 1.54) is 12.1 Å². The Morgan fingerprint density at radius 1 is 1.33 bits per heavy atom. The largest absolute Gasteiger partial charge is 0.385 e. The zero-order valence-corrected chi connectivity index (χ0v) is 9.05. The molecule has 0 bridgehead atoms. The molecular weight excluding hydrogens is 191 g/mol. The van der Waals surface area contributed by atoms with E-state index in [9.17, 15) is 4.39 Å². The Kier molecular flexibility index (Phi) is 3.68. The summed E-state index contributed by atoms with van der Waals surface area (Å²) in [7, 11) is 0. The van der Waals surface area contributed by atoms with Gasteiger partial charge in [0.05, 0.1) is 11.5 Å². The first-order valence-corrected chi connectivity index (χ1v) is 4.94. The molecule has 80 valence electrons. The maximum absolute atomic E-state index is 12.6. The Hall–Kier alpha value is -1.56. The molecule has 2 nitrogen and oxygen atoms in total. The molecule has 0 aliphatic heterocycles. The first kappa shape index (κ1) is 11.5. The van der Waals surface area contributed by atoms with Crippen molar-refractivity contribution in [1.29, 1.82) is 5.26 Å². The second-order valence-corrected chi connectivity index (χ2v) is 4.18. The minimum atomic E-state index is -0.312. The Labute approximate surface area is 89.7 Å². The van der Waals surface area contributed by atoms with Crippen LogP contribution in [0.15, 0.2) is 24.3 Å². The first-order valence-electron chi connectivity index (χ1n) is 4.94. The molecule has 0 saturated carbocycles. The summed E-state index contributed by atoms with van der Waals surface area (Å²) in [6.07, 6.45) is 0.765. The highest BCUT2D eigenvalue weighted by molar-refractivity contribution is 5.42. The van der Waals surface area contributed by atoms with E-state index in [4.69, 9.17) is 5.26 Å². The standard InChI is InChI=1S/C12H15FN2/c1-12(2,9-14)7-8-15-11-5-3-10(13)4-6-11/h3-6,15H,7-8H2,1-2H3. The van der Waals surface area contributed by atoms with Gasteiger partial charge >= 0.3 is 0 Å². The summed E-state index contributed by atoms with van der Waals surface area (Å²) < 4.78 is 12.6. The van der Waals surface area contributed by atoms with Gasteiger partial charge in [-0.25, -0.2) is 4.39 Å². The molecule has 15 heavy (non-hydrogen) atoms. The quantitative estimate of drug-likeness (QED) is 0.821. The van der Waals surface area contributed by atoms with Gasteiger partial charge < -0.3 is 5.32 Å². The fourth-order valence-electron chi connectivity index (χ4n) is 1.14. The van der Waals surface area contributed by atoms with Crippen LogP contribution in [0, 0.1) is 22.6 Å². The zero-order chi connectivity index (χ0) is 11.3. The van der Waals surface area contributed by atoms with Gasteiger partial charge in [-0.3, -0.25) is 0 Å². The highest BCUT2D eigenvalue weighted by atomic mass is 19.1. The van der Waals surface area contributed by atoms with E-state index in [0.717, 1.165) is 12.1 Å². The lowest BCUT2D eigenvalue weighted by Gasteiger charge is -2.15. The Balaban J connectivity index is 2.39. The normalized spacial score (nSPS) is 10.8. The van der Waals surface area contributed by atoms with Crippen LogP contribution in [-0.4, -0.2) is 6.54 Å². The summed E-state index contributed by atoms with van der Waals surface area (Å²) in [6, 6.07) is 8.44. The van der Waals surface area contributed by atoms with Crippen LogP contribution in [0.2, 0.25) is 0 Å². The van der Waals surface area contributed by atoms with Crippen LogP contribution in [-0.2, 0) is 0 Å². The van der Waals surface area contributed by atoms with E-state index >= 15 is 0 Å². The maximum Gasteiger partial charge on any atom is 0.123 e. The molecule has 1 aromatic carbocycles. The van der Waals surface area contributed by atoms with E-state index in [1.54, 1.807) is 12.1 Å². The predicted molar refractivity (Wildman–Crippen MR) is 58.9 cm³/mol. The average molecular weight is 206 g/mol. The van der Waals surface area contributed by atoms with Gasteiger partial charge in [0.25, 0.3) is 0 Å². The lowest BCUT2D eigenvalue weighted by Crippen LogP contribution is -2.14. The molecule has 0 unspecified atom stereocenters. The molecule has 0 atom stereocenters. The molecule has 1 N–H and O–H groups in total. The van der Waals surface area contributed by atoms with Gasteiger partial charge in [0.2, 0.25) is 0 Å². The van der Waals surface area contributed by atoms with Crippen LogP contribution in [0.5, 0.6) is 0 Å². The van der Waals surface area contributed by atoms with Crippen LogP contribution in [0.25, 0.3) is 0 Å². The van der Waals surface area contributed by atoms with Crippen molar-refractivity contribution in [1.82, 2.24) is 0 Å². The van der Waals surface area contributed by atoms with Gasteiger partial charge in [0.15, 0.2) is 0 Å². The molecule has 0 fully saturated rings. The van der Waals surface area contributed by atoms with E-state index in [2.05, 4.69) is 11.4 Å². The summed E-state index contributed by atoms with van der Waals surface area (Å²) in [5.41, 5.74) is 0.567. The number of benzene rings is 1. The van der Waals surface area contributed by atoms with Crippen molar-refractivity contribution in [2.75, 3.05) is 11.9 Å². The Morgan fingerprint density at radius 2 is 1.93 bits per heavy atom. The number of halogens is 1. The average Bonchev–Trinajstić information content (AvgIpc) is 2.21. The molecule has 1 rings (SSSR count). The molecular formula is C12H15FN2. The van der Waals surface area contributed by atoms with E-state index < -0.39 is 0 Å². The van der Waals surface area contributed by atoms with Crippen molar-refractivity contribution < 1.29 is 4.39 Å². The van der Waals surface area contributed by atoms with Crippen molar-refractivity contribution in [2.24, 2.45) is 5.41 Å². The minimum absolute atomic E-state index is 0.238. The summed E-state index contributed by atoms with van der Waals surface area (Å²) >= 11 is 0. The van der Waals surface area contributed by atoms with Gasteiger partial charge in [-0.1, -0.05) is 0 Å². The number of hydrogen-bond acceptors (Lipinski definition) is 2. The molecule has 0 saturated heterocycles. The number of anilines is 1. The molecule has 0 aliphatic carbocycles. The van der Waals surface area contributed by atoms with Crippen LogP contribution in [0.3, 0.4) is 0 Å². The lowest BCUT2D eigenvalue weighted by molar-refractivity contribution is 0.466. The highest BCUT2D eigenvalue weighted by Crippen LogP contribution is 2.18. The van der Waals surface area contributed by atoms with Crippen LogP contribution in [0.1, 0.15) is 20.3 Å². The topological polar surface area (TPSA) is 35.8 Å². The molecule has 0 spiro atoms. The van der Waals surface area contributed by atoms with Gasteiger partial charge in [0.1, 0.15) is 5.82 Å². The van der Waals surface area contributed by atoms with Crippen LogP contribution in [0.4, 0.5) is 10.1 Å². The van der Waals surface area contributed by atoms with Gasteiger partial charge in [-0.05, 0) is 44.5 Å². The fraction of sp³-hybridized carbons (Fsp3) is 0.417. The summed E-state index contributed by atoms with van der Waals surface area (Å²) in [5, 5.41) is 11.9. The third-order valence-corrected chi connectivity index (χ3v) is 2.23. The molecule has 0 heterocycles. The van der Waals surface area contributed by atoms with Gasteiger partial charge in [-0.2, -0.15) is 5.26 Å². The molecule has 0 amide bonds. The molecule has 1 aromatic rings. The van der Waals surface area contributed by atoms with Crippen molar-refractivity contribution in [3.8, 4) is 6.07 Å². The third kappa shape index (κ3) is 3.99. The number of nitrogens with one attached hydrogen (secondary N) is 1. The number of nitrogens with zero attached hydrogens (tertiary/aromatic N) is 1. The van der Waals surface area contributed by atoms with Crippen molar-refractivity contribution in [3.63, 3.8) is 0 Å². The summed E-state index contributed by atoms with van der Waals surface area (Å²) in [4.78, 5) is 0.